The Labute approximate surface area is 133 Å². The topological polar surface area (TPSA) is 58.2 Å². The van der Waals surface area contributed by atoms with Gasteiger partial charge in [0, 0.05) is 17.2 Å². The Hall–Kier alpha value is -2.69. The second kappa shape index (κ2) is 6.20. The standard InChI is InChI=1S/C18H17FN2O2/c1-11-2-9-15(19)16(10-11)21-18(23)13-5-7-14(8-6-13)20-17(22)12-3-4-12/h2,5-10,12H,3-4H2,1H3,(H,20,22)(H,21,23). The van der Waals surface area contributed by atoms with Crippen molar-refractivity contribution in [2.75, 3.05) is 10.6 Å². The van der Waals surface area contributed by atoms with Gasteiger partial charge in [-0.3, -0.25) is 9.59 Å². The summed E-state index contributed by atoms with van der Waals surface area (Å²) in [5.74, 6) is -0.724. The molecule has 3 rings (SSSR count). The van der Waals surface area contributed by atoms with Crippen molar-refractivity contribution in [1.29, 1.82) is 0 Å². The van der Waals surface area contributed by atoms with Crippen LogP contribution >= 0.6 is 0 Å². The van der Waals surface area contributed by atoms with E-state index < -0.39 is 11.7 Å². The Morgan fingerprint density at radius 2 is 1.74 bits per heavy atom. The summed E-state index contributed by atoms with van der Waals surface area (Å²) in [5, 5.41) is 5.36. The van der Waals surface area contributed by atoms with E-state index in [0.717, 1.165) is 18.4 Å². The van der Waals surface area contributed by atoms with Gasteiger partial charge in [0.05, 0.1) is 5.69 Å². The molecule has 23 heavy (non-hydrogen) atoms. The molecule has 0 atom stereocenters. The average Bonchev–Trinajstić information content (AvgIpc) is 3.36. The summed E-state index contributed by atoms with van der Waals surface area (Å²) in [7, 11) is 0. The molecular weight excluding hydrogens is 295 g/mol. The highest BCUT2D eigenvalue weighted by atomic mass is 19.1. The molecule has 1 saturated carbocycles. The SMILES string of the molecule is Cc1ccc(F)c(NC(=O)c2ccc(NC(=O)C3CC3)cc2)c1. The van der Waals surface area contributed by atoms with Crippen LogP contribution in [0.15, 0.2) is 42.5 Å². The third kappa shape index (κ3) is 3.74. The zero-order chi connectivity index (χ0) is 16.4. The minimum Gasteiger partial charge on any atom is -0.326 e. The third-order valence-electron chi connectivity index (χ3n) is 3.73. The van der Waals surface area contributed by atoms with Crippen molar-refractivity contribution < 1.29 is 14.0 Å². The molecule has 0 saturated heterocycles. The first-order valence-electron chi connectivity index (χ1n) is 7.51. The lowest BCUT2D eigenvalue weighted by Crippen LogP contribution is -2.15. The number of aryl methyl sites for hydroxylation is 1. The summed E-state index contributed by atoms with van der Waals surface area (Å²) in [6.07, 6.45) is 1.88. The monoisotopic (exact) mass is 312 g/mol. The lowest BCUT2D eigenvalue weighted by atomic mass is 10.1. The van der Waals surface area contributed by atoms with E-state index >= 15 is 0 Å². The van der Waals surface area contributed by atoms with Gasteiger partial charge in [-0.15, -0.1) is 0 Å². The number of benzene rings is 2. The predicted molar refractivity (Wildman–Crippen MR) is 86.9 cm³/mol. The van der Waals surface area contributed by atoms with Gasteiger partial charge in [-0.25, -0.2) is 4.39 Å². The van der Waals surface area contributed by atoms with Gasteiger partial charge in [0.15, 0.2) is 0 Å². The van der Waals surface area contributed by atoms with Gasteiger partial charge in [-0.2, -0.15) is 0 Å². The zero-order valence-corrected chi connectivity index (χ0v) is 12.7. The highest BCUT2D eigenvalue weighted by Crippen LogP contribution is 2.30. The summed E-state index contributed by atoms with van der Waals surface area (Å²) in [6, 6.07) is 11.1. The summed E-state index contributed by atoms with van der Waals surface area (Å²) < 4.78 is 13.7. The molecule has 0 radical (unpaired) electrons. The first-order valence-corrected chi connectivity index (χ1v) is 7.51. The Balaban J connectivity index is 1.67. The molecule has 0 spiro atoms. The fraction of sp³-hybridized carbons (Fsp3) is 0.222. The molecule has 2 aromatic carbocycles. The van der Waals surface area contributed by atoms with E-state index in [-0.39, 0.29) is 17.5 Å². The van der Waals surface area contributed by atoms with Gasteiger partial charge >= 0.3 is 0 Å². The minimum absolute atomic E-state index is 0.0176. The lowest BCUT2D eigenvalue weighted by molar-refractivity contribution is -0.117. The maximum atomic E-state index is 13.7. The Morgan fingerprint density at radius 3 is 2.39 bits per heavy atom. The molecule has 2 N–H and O–H groups in total. The summed E-state index contributed by atoms with van der Waals surface area (Å²) in [6.45, 7) is 1.83. The fourth-order valence-corrected chi connectivity index (χ4v) is 2.22. The average molecular weight is 312 g/mol. The highest BCUT2D eigenvalue weighted by Gasteiger charge is 2.29. The Kier molecular flexibility index (Phi) is 4.10. The minimum atomic E-state index is -0.475. The molecule has 4 nitrogen and oxygen atoms in total. The van der Waals surface area contributed by atoms with E-state index in [2.05, 4.69) is 10.6 Å². The van der Waals surface area contributed by atoms with Crippen LogP contribution in [0, 0.1) is 18.7 Å². The zero-order valence-electron chi connectivity index (χ0n) is 12.7. The van der Waals surface area contributed by atoms with Crippen LogP contribution in [0.25, 0.3) is 0 Å². The van der Waals surface area contributed by atoms with Crippen LogP contribution in [0.1, 0.15) is 28.8 Å². The predicted octanol–water partition coefficient (Wildman–Crippen LogP) is 3.73. The largest absolute Gasteiger partial charge is 0.326 e. The molecule has 5 heteroatoms. The van der Waals surface area contributed by atoms with E-state index in [9.17, 15) is 14.0 Å². The van der Waals surface area contributed by atoms with E-state index in [4.69, 9.17) is 0 Å². The van der Waals surface area contributed by atoms with E-state index in [1.807, 2.05) is 6.92 Å². The number of carbonyl (C=O) groups excluding carboxylic acids is 2. The summed E-state index contributed by atoms with van der Waals surface area (Å²) >= 11 is 0. The van der Waals surface area contributed by atoms with Crippen molar-refractivity contribution in [1.82, 2.24) is 0 Å². The normalized spacial score (nSPS) is 13.5. The molecule has 1 aliphatic rings. The van der Waals surface area contributed by atoms with Gasteiger partial charge in [-0.1, -0.05) is 6.07 Å². The molecule has 2 aromatic rings. The first-order chi connectivity index (χ1) is 11.0. The summed E-state index contributed by atoms with van der Waals surface area (Å²) in [4.78, 5) is 23.8. The molecule has 0 aliphatic heterocycles. The molecule has 0 aromatic heterocycles. The number of amides is 2. The second-order valence-corrected chi connectivity index (χ2v) is 5.78. The third-order valence-corrected chi connectivity index (χ3v) is 3.73. The van der Waals surface area contributed by atoms with Gasteiger partial charge in [0.25, 0.3) is 5.91 Å². The van der Waals surface area contributed by atoms with Crippen molar-refractivity contribution in [3.8, 4) is 0 Å². The molecule has 2 amide bonds. The number of halogens is 1. The molecule has 0 bridgehead atoms. The maximum Gasteiger partial charge on any atom is 0.255 e. The number of rotatable bonds is 4. The van der Waals surface area contributed by atoms with E-state index in [0.29, 0.717) is 11.3 Å². The number of hydrogen-bond donors (Lipinski definition) is 2. The smallest absolute Gasteiger partial charge is 0.255 e. The first kappa shape index (κ1) is 15.2. The summed E-state index contributed by atoms with van der Waals surface area (Å²) in [5.41, 5.74) is 2.07. The molecule has 0 unspecified atom stereocenters. The number of carbonyl (C=O) groups is 2. The Morgan fingerprint density at radius 1 is 1.04 bits per heavy atom. The molecule has 1 aliphatic carbocycles. The second-order valence-electron chi connectivity index (χ2n) is 5.78. The maximum absolute atomic E-state index is 13.7. The fourth-order valence-electron chi connectivity index (χ4n) is 2.22. The Bertz CT molecular complexity index is 752. The number of nitrogens with one attached hydrogen (secondary N) is 2. The van der Waals surface area contributed by atoms with Crippen molar-refractivity contribution in [3.05, 3.63) is 59.4 Å². The number of anilines is 2. The molecule has 0 heterocycles. The molecular formula is C18H17FN2O2. The van der Waals surface area contributed by atoms with Crippen molar-refractivity contribution in [3.63, 3.8) is 0 Å². The van der Waals surface area contributed by atoms with Crippen molar-refractivity contribution in [2.45, 2.75) is 19.8 Å². The quantitative estimate of drug-likeness (QED) is 0.903. The van der Waals surface area contributed by atoms with Gasteiger partial charge in [0.1, 0.15) is 5.82 Å². The van der Waals surface area contributed by atoms with Crippen LogP contribution in [0.4, 0.5) is 15.8 Å². The van der Waals surface area contributed by atoms with E-state index in [1.54, 1.807) is 36.4 Å². The van der Waals surface area contributed by atoms with Crippen LogP contribution in [0.2, 0.25) is 0 Å². The van der Waals surface area contributed by atoms with Gasteiger partial charge < -0.3 is 10.6 Å². The van der Waals surface area contributed by atoms with Crippen LogP contribution in [0.5, 0.6) is 0 Å². The van der Waals surface area contributed by atoms with Gasteiger partial charge in [0.2, 0.25) is 5.91 Å². The molecule has 1 fully saturated rings. The molecule has 118 valence electrons. The van der Waals surface area contributed by atoms with Crippen LogP contribution < -0.4 is 10.6 Å². The lowest BCUT2D eigenvalue weighted by Gasteiger charge is -2.08. The van der Waals surface area contributed by atoms with Crippen LogP contribution in [-0.4, -0.2) is 11.8 Å². The highest BCUT2D eigenvalue weighted by molar-refractivity contribution is 6.04. The number of hydrogen-bond acceptors (Lipinski definition) is 2. The van der Waals surface area contributed by atoms with Gasteiger partial charge in [-0.05, 0) is 61.7 Å². The van der Waals surface area contributed by atoms with Crippen molar-refractivity contribution in [2.24, 2.45) is 5.92 Å². The van der Waals surface area contributed by atoms with Crippen LogP contribution in [0.3, 0.4) is 0 Å². The van der Waals surface area contributed by atoms with Crippen molar-refractivity contribution >= 4 is 23.2 Å². The van der Waals surface area contributed by atoms with E-state index in [1.165, 1.54) is 6.07 Å². The van der Waals surface area contributed by atoms with Crippen LogP contribution in [-0.2, 0) is 4.79 Å².